The minimum absolute atomic E-state index is 0.154. The van der Waals surface area contributed by atoms with Gasteiger partial charge in [0.1, 0.15) is 11.9 Å². The molecule has 0 saturated heterocycles. The molecule has 5 nitrogen and oxygen atoms in total. The number of nitrogens with one attached hydrogen (secondary N) is 1. The second kappa shape index (κ2) is 8.41. The topological polar surface area (TPSA) is 61.8 Å². The molecule has 6 heteroatoms. The first-order valence-corrected chi connectivity index (χ1v) is 8.43. The van der Waals surface area contributed by atoms with Crippen molar-refractivity contribution in [1.29, 1.82) is 0 Å². The number of urea groups is 1. The molecule has 23 heavy (non-hydrogen) atoms. The van der Waals surface area contributed by atoms with E-state index in [0.29, 0.717) is 23.9 Å². The molecule has 0 aromatic heterocycles. The van der Waals surface area contributed by atoms with Crippen molar-refractivity contribution in [3.8, 4) is 5.75 Å². The van der Waals surface area contributed by atoms with Crippen LogP contribution in [0.3, 0.4) is 0 Å². The monoisotopic (exact) mass is 340 g/mol. The molecular weight excluding hydrogens is 316 g/mol. The number of aliphatic hydroxyl groups is 1. The number of benzene rings is 1. The molecule has 1 aliphatic carbocycles. The molecule has 2 rings (SSSR count). The number of halogens is 1. The van der Waals surface area contributed by atoms with Gasteiger partial charge in [-0.25, -0.2) is 4.79 Å². The molecule has 2 amide bonds. The first-order valence-electron chi connectivity index (χ1n) is 8.05. The van der Waals surface area contributed by atoms with E-state index in [1.807, 2.05) is 19.1 Å². The van der Waals surface area contributed by atoms with Crippen molar-refractivity contribution in [2.24, 2.45) is 5.92 Å². The van der Waals surface area contributed by atoms with Crippen molar-refractivity contribution >= 4 is 17.6 Å². The summed E-state index contributed by atoms with van der Waals surface area (Å²) in [4.78, 5) is 13.7. The molecule has 0 radical (unpaired) electrons. The van der Waals surface area contributed by atoms with Gasteiger partial charge >= 0.3 is 6.03 Å². The summed E-state index contributed by atoms with van der Waals surface area (Å²) < 4.78 is 5.72. The number of rotatable bonds is 6. The minimum Gasteiger partial charge on any atom is -0.487 e. The predicted octanol–water partition coefficient (Wildman–Crippen LogP) is 2.91. The Bertz CT molecular complexity index is 526. The Morgan fingerprint density at radius 2 is 2.22 bits per heavy atom. The number of nitrogens with zero attached hydrogens (tertiary/aromatic N) is 1. The molecule has 3 atom stereocenters. The van der Waals surface area contributed by atoms with Crippen LogP contribution in [-0.2, 0) is 0 Å². The quantitative estimate of drug-likeness (QED) is 0.837. The van der Waals surface area contributed by atoms with Gasteiger partial charge in [0, 0.05) is 19.5 Å². The van der Waals surface area contributed by atoms with Crippen LogP contribution in [0.2, 0.25) is 5.02 Å². The Kier molecular flexibility index (Phi) is 6.54. The van der Waals surface area contributed by atoms with E-state index in [9.17, 15) is 9.90 Å². The summed E-state index contributed by atoms with van der Waals surface area (Å²) in [5.74, 6) is 0.792. The van der Waals surface area contributed by atoms with Crippen molar-refractivity contribution < 1.29 is 14.6 Å². The van der Waals surface area contributed by atoms with Crippen LogP contribution in [0.25, 0.3) is 0 Å². The van der Waals surface area contributed by atoms with Crippen LogP contribution in [0.15, 0.2) is 24.3 Å². The fraction of sp³-hybridized carbons (Fsp3) is 0.588. The molecule has 1 saturated carbocycles. The number of aliphatic hydroxyl groups excluding tert-OH is 1. The molecule has 0 spiro atoms. The molecule has 2 N–H and O–H groups in total. The molecule has 128 valence electrons. The van der Waals surface area contributed by atoms with E-state index in [1.54, 1.807) is 24.1 Å². The lowest BCUT2D eigenvalue weighted by Gasteiger charge is -2.24. The molecule has 0 bridgehead atoms. The van der Waals surface area contributed by atoms with Crippen molar-refractivity contribution in [1.82, 2.24) is 10.2 Å². The standard InChI is InChI=1S/C17H25ClN2O3/c1-12(23-16-9-4-3-7-14(16)18)10-19-17(22)20(2)11-13-6-5-8-15(13)21/h3-4,7,9,12-13,15,21H,5-6,8,10-11H2,1-2H3,(H,19,22). The SMILES string of the molecule is CC(CNC(=O)N(C)CC1CCCC1O)Oc1ccccc1Cl. The first-order chi connectivity index (χ1) is 11.0. The summed E-state index contributed by atoms with van der Waals surface area (Å²) in [7, 11) is 1.75. The third-order valence-electron chi connectivity index (χ3n) is 4.18. The highest BCUT2D eigenvalue weighted by Gasteiger charge is 2.27. The van der Waals surface area contributed by atoms with E-state index in [0.717, 1.165) is 19.3 Å². The van der Waals surface area contributed by atoms with Gasteiger partial charge in [-0.1, -0.05) is 30.2 Å². The molecule has 1 aromatic carbocycles. The van der Waals surface area contributed by atoms with Crippen LogP contribution in [0, 0.1) is 5.92 Å². The Labute approximate surface area is 142 Å². The largest absolute Gasteiger partial charge is 0.487 e. The van der Waals surface area contributed by atoms with Crippen LogP contribution >= 0.6 is 11.6 Å². The van der Waals surface area contributed by atoms with Gasteiger partial charge in [0.2, 0.25) is 0 Å². The highest BCUT2D eigenvalue weighted by atomic mass is 35.5. The molecular formula is C17H25ClN2O3. The maximum Gasteiger partial charge on any atom is 0.317 e. The smallest absolute Gasteiger partial charge is 0.317 e. The number of hydrogen-bond acceptors (Lipinski definition) is 3. The summed E-state index contributed by atoms with van der Waals surface area (Å²) in [5.41, 5.74) is 0. The second-order valence-corrected chi connectivity index (χ2v) is 6.59. The van der Waals surface area contributed by atoms with Crippen LogP contribution < -0.4 is 10.1 Å². The molecule has 0 aliphatic heterocycles. The van der Waals surface area contributed by atoms with E-state index in [2.05, 4.69) is 5.32 Å². The van der Waals surface area contributed by atoms with Crippen LogP contribution in [-0.4, -0.2) is 48.4 Å². The van der Waals surface area contributed by atoms with E-state index < -0.39 is 0 Å². The van der Waals surface area contributed by atoms with Gasteiger partial charge in [-0.2, -0.15) is 0 Å². The first kappa shape index (κ1) is 17.9. The number of ether oxygens (including phenoxy) is 1. The Balaban J connectivity index is 1.73. The van der Waals surface area contributed by atoms with Crippen LogP contribution in [0.4, 0.5) is 4.79 Å². The highest BCUT2D eigenvalue weighted by Crippen LogP contribution is 2.26. The van der Waals surface area contributed by atoms with Gasteiger partial charge in [0.05, 0.1) is 17.7 Å². The highest BCUT2D eigenvalue weighted by molar-refractivity contribution is 6.32. The number of amides is 2. The van der Waals surface area contributed by atoms with E-state index in [1.165, 1.54) is 0 Å². The fourth-order valence-electron chi connectivity index (χ4n) is 2.83. The zero-order valence-electron chi connectivity index (χ0n) is 13.7. The van der Waals surface area contributed by atoms with E-state index in [4.69, 9.17) is 16.3 Å². The third kappa shape index (κ3) is 5.29. The summed E-state index contributed by atoms with van der Waals surface area (Å²) in [6, 6.07) is 7.11. The van der Waals surface area contributed by atoms with Crippen LogP contribution in [0.5, 0.6) is 5.75 Å². The van der Waals surface area contributed by atoms with Crippen LogP contribution in [0.1, 0.15) is 26.2 Å². The molecule has 1 fully saturated rings. The molecule has 1 aromatic rings. The Hall–Kier alpha value is -1.46. The lowest BCUT2D eigenvalue weighted by atomic mass is 10.1. The van der Waals surface area contributed by atoms with Gasteiger partial charge in [-0.15, -0.1) is 0 Å². The summed E-state index contributed by atoms with van der Waals surface area (Å²) >= 11 is 6.05. The maximum atomic E-state index is 12.1. The fourth-order valence-corrected chi connectivity index (χ4v) is 3.01. The second-order valence-electron chi connectivity index (χ2n) is 6.18. The summed E-state index contributed by atoms with van der Waals surface area (Å²) in [6.45, 7) is 2.85. The Morgan fingerprint density at radius 1 is 1.48 bits per heavy atom. The number of carbonyl (C=O) groups is 1. The van der Waals surface area contributed by atoms with Gasteiger partial charge < -0.3 is 20.1 Å². The third-order valence-corrected chi connectivity index (χ3v) is 4.49. The van der Waals surface area contributed by atoms with Crippen molar-refractivity contribution in [3.63, 3.8) is 0 Å². The Morgan fingerprint density at radius 3 is 2.87 bits per heavy atom. The molecule has 1 aliphatic rings. The lowest BCUT2D eigenvalue weighted by molar-refractivity contribution is 0.113. The molecule has 0 heterocycles. The zero-order chi connectivity index (χ0) is 16.8. The minimum atomic E-state index is -0.285. The van der Waals surface area contributed by atoms with Gasteiger partial charge in [0.15, 0.2) is 0 Å². The summed E-state index contributed by atoms with van der Waals surface area (Å²) in [6.07, 6.45) is 2.37. The summed E-state index contributed by atoms with van der Waals surface area (Å²) in [5, 5.41) is 13.2. The van der Waals surface area contributed by atoms with Gasteiger partial charge in [-0.3, -0.25) is 0 Å². The number of hydrogen-bond donors (Lipinski definition) is 2. The van der Waals surface area contributed by atoms with E-state index in [-0.39, 0.29) is 24.2 Å². The van der Waals surface area contributed by atoms with E-state index >= 15 is 0 Å². The average molecular weight is 341 g/mol. The normalized spacial score (nSPS) is 21.7. The zero-order valence-corrected chi connectivity index (χ0v) is 14.4. The van der Waals surface area contributed by atoms with Crippen molar-refractivity contribution in [2.45, 2.75) is 38.4 Å². The van der Waals surface area contributed by atoms with Crippen molar-refractivity contribution in [3.05, 3.63) is 29.3 Å². The average Bonchev–Trinajstić information content (AvgIpc) is 2.92. The molecule has 3 unspecified atom stereocenters. The van der Waals surface area contributed by atoms with Gasteiger partial charge in [0.25, 0.3) is 0 Å². The predicted molar refractivity (Wildman–Crippen MR) is 90.9 cm³/mol. The number of para-hydroxylation sites is 1. The number of carbonyl (C=O) groups excluding carboxylic acids is 1. The van der Waals surface area contributed by atoms with Gasteiger partial charge in [-0.05, 0) is 31.9 Å². The maximum absolute atomic E-state index is 12.1. The van der Waals surface area contributed by atoms with Crippen molar-refractivity contribution in [2.75, 3.05) is 20.1 Å². The lowest BCUT2D eigenvalue weighted by Crippen LogP contribution is -2.44.